The van der Waals surface area contributed by atoms with Crippen LogP contribution in [0.1, 0.15) is 19.8 Å². The van der Waals surface area contributed by atoms with Gasteiger partial charge in [0.2, 0.25) is 5.91 Å². The van der Waals surface area contributed by atoms with E-state index in [2.05, 4.69) is 17.6 Å². The van der Waals surface area contributed by atoms with Gasteiger partial charge in [0.25, 0.3) is 0 Å². The molecule has 0 bridgehead atoms. The van der Waals surface area contributed by atoms with E-state index >= 15 is 0 Å². The Balaban J connectivity index is 1.46. The van der Waals surface area contributed by atoms with E-state index < -0.39 is 17.6 Å². The topological polar surface area (TPSA) is 81.8 Å². The molecule has 3 amide bonds. The minimum Gasteiger partial charge on any atom is -0.333 e. The van der Waals surface area contributed by atoms with Crippen molar-refractivity contribution in [3.05, 3.63) is 24.0 Å². The number of anilines is 2. The minimum absolute atomic E-state index is 0.0166. The Labute approximate surface area is 156 Å². The first-order valence-electron chi connectivity index (χ1n) is 9.28. The van der Waals surface area contributed by atoms with Gasteiger partial charge in [-0.05, 0) is 30.5 Å². The van der Waals surface area contributed by atoms with Crippen molar-refractivity contribution in [3.8, 4) is 0 Å². The van der Waals surface area contributed by atoms with Crippen molar-refractivity contribution in [3.63, 3.8) is 0 Å². The van der Waals surface area contributed by atoms with Crippen molar-refractivity contribution in [2.75, 3.05) is 42.9 Å². The van der Waals surface area contributed by atoms with E-state index in [4.69, 9.17) is 0 Å². The van der Waals surface area contributed by atoms with Crippen molar-refractivity contribution in [1.29, 1.82) is 0 Å². The molecule has 144 valence electrons. The summed E-state index contributed by atoms with van der Waals surface area (Å²) in [4.78, 5) is 39.9. The van der Waals surface area contributed by atoms with E-state index in [-0.39, 0.29) is 17.0 Å². The van der Waals surface area contributed by atoms with Crippen molar-refractivity contribution < 1.29 is 18.8 Å². The zero-order valence-corrected chi connectivity index (χ0v) is 15.3. The number of hydrogen-bond acceptors (Lipinski definition) is 4. The van der Waals surface area contributed by atoms with Crippen molar-refractivity contribution in [2.24, 2.45) is 11.3 Å². The van der Waals surface area contributed by atoms with Gasteiger partial charge in [0, 0.05) is 50.2 Å². The summed E-state index contributed by atoms with van der Waals surface area (Å²) < 4.78 is 14.2. The molecule has 1 aromatic rings. The number of amides is 3. The van der Waals surface area contributed by atoms with E-state index in [1.165, 1.54) is 18.2 Å². The summed E-state index contributed by atoms with van der Waals surface area (Å²) >= 11 is 0. The van der Waals surface area contributed by atoms with Crippen LogP contribution in [0, 0.1) is 17.2 Å². The smallest absolute Gasteiger partial charge is 0.313 e. The van der Waals surface area contributed by atoms with Crippen LogP contribution in [0.25, 0.3) is 0 Å². The first-order chi connectivity index (χ1) is 12.9. The van der Waals surface area contributed by atoms with Gasteiger partial charge in [-0.1, -0.05) is 6.92 Å². The summed E-state index contributed by atoms with van der Waals surface area (Å²) in [5, 5.41) is 5.70. The molecule has 3 fully saturated rings. The lowest BCUT2D eigenvalue weighted by Gasteiger charge is -2.22. The summed E-state index contributed by atoms with van der Waals surface area (Å²) in [7, 11) is 0. The summed E-state index contributed by atoms with van der Waals surface area (Å²) in [6, 6.07) is 4.12. The number of nitrogens with zero attached hydrogens (tertiary/aromatic N) is 2. The minimum atomic E-state index is -0.852. The van der Waals surface area contributed by atoms with Gasteiger partial charge >= 0.3 is 11.8 Å². The molecule has 2 atom stereocenters. The highest BCUT2D eigenvalue weighted by Gasteiger charge is 2.48. The molecule has 4 rings (SSSR count). The van der Waals surface area contributed by atoms with Crippen molar-refractivity contribution >= 4 is 29.1 Å². The summed E-state index contributed by atoms with van der Waals surface area (Å²) in [6.45, 7) is 5.38. The van der Waals surface area contributed by atoms with Gasteiger partial charge in [-0.25, -0.2) is 4.39 Å². The second kappa shape index (κ2) is 6.60. The fraction of sp³-hybridized carbons (Fsp3) is 0.526. The third-order valence-electron chi connectivity index (χ3n) is 5.96. The first-order valence-corrected chi connectivity index (χ1v) is 9.28. The average molecular weight is 374 g/mol. The Hall–Kier alpha value is -2.48. The molecule has 1 aromatic carbocycles. The molecule has 0 radical (unpaired) electrons. The highest BCUT2D eigenvalue weighted by molar-refractivity contribution is 6.39. The van der Waals surface area contributed by atoms with E-state index in [1.807, 2.05) is 0 Å². The van der Waals surface area contributed by atoms with Gasteiger partial charge in [0.1, 0.15) is 5.82 Å². The quantitative estimate of drug-likeness (QED) is 0.756. The Kier molecular flexibility index (Phi) is 4.38. The number of fused-ring (bicyclic) bond motifs is 1. The molecular weight excluding hydrogens is 351 g/mol. The highest BCUT2D eigenvalue weighted by atomic mass is 19.1. The summed E-state index contributed by atoms with van der Waals surface area (Å²) in [6.07, 6.45) is 1.21. The van der Waals surface area contributed by atoms with E-state index in [0.29, 0.717) is 37.7 Å². The molecule has 8 heteroatoms. The maximum atomic E-state index is 14.2. The van der Waals surface area contributed by atoms with Crippen LogP contribution in [-0.4, -0.2) is 55.3 Å². The molecule has 0 aliphatic carbocycles. The van der Waals surface area contributed by atoms with Crippen LogP contribution in [-0.2, 0) is 14.4 Å². The first kappa shape index (κ1) is 17.9. The molecule has 7 nitrogen and oxygen atoms in total. The molecule has 0 aromatic heterocycles. The van der Waals surface area contributed by atoms with E-state index in [1.54, 1.807) is 9.80 Å². The molecule has 3 aliphatic heterocycles. The standard InChI is InChI=1S/C19H23FN4O3/c1-19-10-21-8-12(19)9-23(11-19)18(27)17(26)22-15-7-13(4-5-14(15)20)24-6-2-3-16(24)25/h4-5,7,12,21H,2-3,6,8-11H2,1H3,(H,22,26)/t12-,19+/m0/s1. The highest BCUT2D eigenvalue weighted by Crippen LogP contribution is 2.38. The van der Waals surface area contributed by atoms with Crippen LogP contribution < -0.4 is 15.5 Å². The number of carbonyl (C=O) groups is 3. The number of hydrogen-bond donors (Lipinski definition) is 2. The predicted octanol–water partition coefficient (Wildman–Crippen LogP) is 0.959. The molecule has 3 heterocycles. The van der Waals surface area contributed by atoms with Crippen molar-refractivity contribution in [1.82, 2.24) is 10.2 Å². The van der Waals surface area contributed by atoms with Crippen LogP contribution >= 0.6 is 0 Å². The van der Waals surface area contributed by atoms with Crippen LogP contribution in [0.5, 0.6) is 0 Å². The second-order valence-electron chi connectivity index (χ2n) is 7.93. The molecule has 0 spiro atoms. The third-order valence-corrected chi connectivity index (χ3v) is 5.96. The lowest BCUT2D eigenvalue weighted by atomic mass is 9.83. The number of likely N-dealkylation sites (tertiary alicyclic amines) is 1. The fourth-order valence-corrected chi connectivity index (χ4v) is 4.33. The molecule has 2 N–H and O–H groups in total. The number of rotatable bonds is 2. The lowest BCUT2D eigenvalue weighted by molar-refractivity contribution is -0.142. The molecule has 27 heavy (non-hydrogen) atoms. The fourth-order valence-electron chi connectivity index (χ4n) is 4.33. The Morgan fingerprint density at radius 3 is 2.89 bits per heavy atom. The average Bonchev–Trinajstić information content (AvgIpc) is 3.29. The SMILES string of the molecule is C[C@]12CNC[C@H]1CN(C(=O)C(=O)Nc1cc(N3CCCC3=O)ccc1F)C2. The lowest BCUT2D eigenvalue weighted by Crippen LogP contribution is -2.41. The largest absolute Gasteiger partial charge is 0.333 e. The third kappa shape index (κ3) is 3.18. The van der Waals surface area contributed by atoms with Gasteiger partial charge in [0.15, 0.2) is 0 Å². The van der Waals surface area contributed by atoms with Gasteiger partial charge in [-0.2, -0.15) is 0 Å². The van der Waals surface area contributed by atoms with Crippen molar-refractivity contribution in [2.45, 2.75) is 19.8 Å². The van der Waals surface area contributed by atoms with E-state index in [9.17, 15) is 18.8 Å². The maximum Gasteiger partial charge on any atom is 0.313 e. The Morgan fingerprint density at radius 2 is 2.19 bits per heavy atom. The summed E-state index contributed by atoms with van der Waals surface area (Å²) in [5.74, 6) is -1.83. The molecule has 0 saturated carbocycles. The monoisotopic (exact) mass is 374 g/mol. The zero-order valence-electron chi connectivity index (χ0n) is 15.3. The second-order valence-corrected chi connectivity index (χ2v) is 7.93. The number of benzene rings is 1. The molecule has 3 saturated heterocycles. The molecule has 3 aliphatic rings. The van der Waals surface area contributed by atoms with Gasteiger partial charge < -0.3 is 20.4 Å². The normalized spacial score (nSPS) is 27.2. The molecule has 0 unspecified atom stereocenters. The van der Waals surface area contributed by atoms with E-state index in [0.717, 1.165) is 19.5 Å². The molecular formula is C19H23FN4O3. The van der Waals surface area contributed by atoms with Crippen LogP contribution in [0.4, 0.5) is 15.8 Å². The number of halogens is 1. The predicted molar refractivity (Wildman–Crippen MR) is 97.7 cm³/mol. The van der Waals surface area contributed by atoms with Gasteiger partial charge in [-0.15, -0.1) is 0 Å². The Bertz CT molecular complexity index is 814. The van der Waals surface area contributed by atoms with Gasteiger partial charge in [-0.3, -0.25) is 14.4 Å². The number of carbonyl (C=O) groups excluding carboxylic acids is 3. The van der Waals surface area contributed by atoms with Crippen LogP contribution in [0.15, 0.2) is 18.2 Å². The Morgan fingerprint density at radius 1 is 1.37 bits per heavy atom. The number of nitrogens with one attached hydrogen (secondary N) is 2. The van der Waals surface area contributed by atoms with Crippen LogP contribution in [0.3, 0.4) is 0 Å². The van der Waals surface area contributed by atoms with Crippen LogP contribution in [0.2, 0.25) is 0 Å². The summed E-state index contributed by atoms with van der Waals surface area (Å²) in [5.41, 5.74) is 0.422. The van der Waals surface area contributed by atoms with Gasteiger partial charge in [0.05, 0.1) is 5.69 Å². The zero-order chi connectivity index (χ0) is 19.2. The maximum absolute atomic E-state index is 14.2.